The number of imidazole rings is 1. The third-order valence-electron chi connectivity index (χ3n) is 4.55. The highest BCUT2D eigenvalue weighted by molar-refractivity contribution is 6.15. The number of rotatable bonds is 2. The fourth-order valence-corrected chi connectivity index (χ4v) is 3.43. The SMILES string of the molecule is CC1N=C(c2ccccc2)c2ccccc2-n2cnc(-c3ncno3)c21. The van der Waals surface area contributed by atoms with E-state index in [0.29, 0.717) is 11.6 Å². The summed E-state index contributed by atoms with van der Waals surface area (Å²) < 4.78 is 7.32. The molecule has 2 aromatic carbocycles. The molecule has 0 saturated heterocycles. The van der Waals surface area contributed by atoms with Gasteiger partial charge in [0.05, 0.1) is 23.1 Å². The van der Waals surface area contributed by atoms with E-state index in [-0.39, 0.29) is 6.04 Å². The number of benzene rings is 2. The number of hydrogen-bond acceptors (Lipinski definition) is 5. The molecule has 6 nitrogen and oxygen atoms in total. The first kappa shape index (κ1) is 14.8. The molecule has 0 aliphatic carbocycles. The smallest absolute Gasteiger partial charge is 0.278 e. The van der Waals surface area contributed by atoms with Crippen LogP contribution in [-0.4, -0.2) is 25.4 Å². The Bertz CT molecular complexity index is 1100. The molecule has 5 rings (SSSR count). The maximum atomic E-state index is 5.25. The van der Waals surface area contributed by atoms with Gasteiger partial charge in [-0.25, -0.2) is 4.98 Å². The van der Waals surface area contributed by atoms with Gasteiger partial charge in [-0.3, -0.25) is 9.56 Å². The maximum absolute atomic E-state index is 5.25. The molecule has 126 valence electrons. The first-order chi connectivity index (χ1) is 12.8. The van der Waals surface area contributed by atoms with E-state index in [4.69, 9.17) is 9.52 Å². The van der Waals surface area contributed by atoms with Crippen molar-refractivity contribution in [3.63, 3.8) is 0 Å². The van der Waals surface area contributed by atoms with Gasteiger partial charge in [-0.1, -0.05) is 53.7 Å². The van der Waals surface area contributed by atoms with Crippen LogP contribution in [0.2, 0.25) is 0 Å². The molecule has 1 aliphatic rings. The molecule has 2 aromatic heterocycles. The average molecular weight is 341 g/mol. The Labute approximate surface area is 149 Å². The monoisotopic (exact) mass is 341 g/mol. The van der Waals surface area contributed by atoms with E-state index in [1.54, 1.807) is 6.33 Å². The largest absolute Gasteiger partial charge is 0.332 e. The first-order valence-corrected chi connectivity index (χ1v) is 8.40. The van der Waals surface area contributed by atoms with Gasteiger partial charge in [0, 0.05) is 11.1 Å². The van der Waals surface area contributed by atoms with Gasteiger partial charge in [0.2, 0.25) is 0 Å². The molecular weight excluding hydrogens is 326 g/mol. The predicted molar refractivity (Wildman–Crippen MR) is 97.4 cm³/mol. The van der Waals surface area contributed by atoms with E-state index in [9.17, 15) is 0 Å². The zero-order valence-corrected chi connectivity index (χ0v) is 14.1. The molecular formula is C20H15N5O. The summed E-state index contributed by atoms with van der Waals surface area (Å²) in [5.41, 5.74) is 5.76. The van der Waals surface area contributed by atoms with Crippen LogP contribution in [0.3, 0.4) is 0 Å². The van der Waals surface area contributed by atoms with Gasteiger partial charge in [0.15, 0.2) is 12.0 Å². The average Bonchev–Trinajstić information content (AvgIpc) is 3.34. The number of hydrogen-bond donors (Lipinski definition) is 0. The Morgan fingerprint density at radius 2 is 1.77 bits per heavy atom. The quantitative estimate of drug-likeness (QED) is 0.555. The van der Waals surface area contributed by atoms with E-state index in [1.807, 2.05) is 30.3 Å². The summed E-state index contributed by atoms with van der Waals surface area (Å²) in [6.07, 6.45) is 3.18. The molecule has 0 radical (unpaired) electrons. The summed E-state index contributed by atoms with van der Waals surface area (Å²) in [6, 6.07) is 18.3. The molecule has 0 spiro atoms. The molecule has 1 atom stereocenters. The van der Waals surface area contributed by atoms with Crippen LogP contribution in [-0.2, 0) is 0 Å². The normalized spacial score (nSPS) is 15.7. The van der Waals surface area contributed by atoms with Gasteiger partial charge in [-0.05, 0) is 13.0 Å². The lowest BCUT2D eigenvalue weighted by Gasteiger charge is -2.11. The Balaban J connectivity index is 1.79. The molecule has 26 heavy (non-hydrogen) atoms. The second-order valence-electron chi connectivity index (χ2n) is 6.13. The van der Waals surface area contributed by atoms with Crippen molar-refractivity contribution in [1.82, 2.24) is 19.7 Å². The molecule has 3 heterocycles. The van der Waals surface area contributed by atoms with Crippen LogP contribution >= 0.6 is 0 Å². The zero-order valence-electron chi connectivity index (χ0n) is 14.1. The van der Waals surface area contributed by atoms with Crippen molar-refractivity contribution in [1.29, 1.82) is 0 Å². The van der Waals surface area contributed by atoms with E-state index < -0.39 is 0 Å². The molecule has 1 aliphatic heterocycles. The lowest BCUT2D eigenvalue weighted by Crippen LogP contribution is -2.06. The second kappa shape index (κ2) is 5.77. The van der Waals surface area contributed by atoms with Gasteiger partial charge in [-0.2, -0.15) is 4.98 Å². The van der Waals surface area contributed by atoms with Gasteiger partial charge in [0.1, 0.15) is 6.33 Å². The molecule has 1 unspecified atom stereocenters. The highest BCUT2D eigenvalue weighted by Gasteiger charge is 2.27. The first-order valence-electron chi connectivity index (χ1n) is 8.40. The number of aliphatic imine (C=N–C) groups is 1. The molecule has 0 N–H and O–H groups in total. The predicted octanol–water partition coefficient (Wildman–Crippen LogP) is 3.83. The van der Waals surface area contributed by atoms with E-state index >= 15 is 0 Å². The molecule has 0 fully saturated rings. The van der Waals surface area contributed by atoms with Crippen molar-refractivity contribution in [2.24, 2.45) is 4.99 Å². The summed E-state index contributed by atoms with van der Waals surface area (Å²) in [7, 11) is 0. The van der Waals surface area contributed by atoms with Crippen molar-refractivity contribution in [2.75, 3.05) is 0 Å². The highest BCUT2D eigenvalue weighted by atomic mass is 16.5. The Morgan fingerprint density at radius 3 is 2.58 bits per heavy atom. The highest BCUT2D eigenvalue weighted by Crippen LogP contribution is 2.35. The molecule has 0 bridgehead atoms. The van der Waals surface area contributed by atoms with Crippen LogP contribution in [0.4, 0.5) is 0 Å². The molecule has 0 amide bonds. The van der Waals surface area contributed by atoms with Gasteiger partial charge < -0.3 is 4.52 Å². The number of fused-ring (bicyclic) bond motifs is 3. The van der Waals surface area contributed by atoms with Crippen LogP contribution in [0, 0.1) is 0 Å². The topological polar surface area (TPSA) is 69.1 Å². The summed E-state index contributed by atoms with van der Waals surface area (Å²) in [5, 5.41) is 3.71. The van der Waals surface area contributed by atoms with E-state index in [1.165, 1.54) is 6.33 Å². The molecule has 6 heteroatoms. The minimum absolute atomic E-state index is 0.123. The number of nitrogens with zero attached hydrogens (tertiary/aromatic N) is 5. The fourth-order valence-electron chi connectivity index (χ4n) is 3.43. The fraction of sp³-hybridized carbons (Fsp3) is 0.100. The molecule has 4 aromatic rings. The summed E-state index contributed by atoms with van der Waals surface area (Å²) >= 11 is 0. The molecule has 0 saturated carbocycles. The third-order valence-corrected chi connectivity index (χ3v) is 4.55. The third kappa shape index (κ3) is 2.19. The van der Waals surface area contributed by atoms with Gasteiger partial charge in [0.25, 0.3) is 5.89 Å². The van der Waals surface area contributed by atoms with Crippen LogP contribution in [0.25, 0.3) is 17.3 Å². The van der Waals surface area contributed by atoms with Crippen molar-refractivity contribution >= 4 is 5.71 Å². The van der Waals surface area contributed by atoms with E-state index in [0.717, 1.165) is 28.2 Å². The number of aromatic nitrogens is 4. The van der Waals surface area contributed by atoms with Gasteiger partial charge in [-0.15, -0.1) is 0 Å². The minimum Gasteiger partial charge on any atom is -0.332 e. The summed E-state index contributed by atoms with van der Waals surface area (Å²) in [6.45, 7) is 2.06. The van der Waals surface area contributed by atoms with Crippen LogP contribution in [0.15, 0.2) is 76.8 Å². The number of para-hydroxylation sites is 1. The Hall–Kier alpha value is -3.54. The summed E-state index contributed by atoms with van der Waals surface area (Å²) in [4.78, 5) is 13.7. The van der Waals surface area contributed by atoms with Crippen molar-refractivity contribution < 1.29 is 4.52 Å². The van der Waals surface area contributed by atoms with Crippen LogP contribution in [0.5, 0.6) is 0 Å². The zero-order chi connectivity index (χ0) is 17.5. The Kier molecular flexibility index (Phi) is 3.28. The lowest BCUT2D eigenvalue weighted by molar-refractivity contribution is 0.428. The minimum atomic E-state index is -0.123. The van der Waals surface area contributed by atoms with Crippen molar-refractivity contribution in [3.8, 4) is 17.3 Å². The summed E-state index contributed by atoms with van der Waals surface area (Å²) in [5.74, 6) is 0.404. The van der Waals surface area contributed by atoms with Crippen LogP contribution in [0.1, 0.15) is 29.8 Å². The van der Waals surface area contributed by atoms with Gasteiger partial charge >= 0.3 is 0 Å². The Morgan fingerprint density at radius 1 is 0.962 bits per heavy atom. The van der Waals surface area contributed by atoms with E-state index in [2.05, 4.69) is 50.9 Å². The van der Waals surface area contributed by atoms with Crippen molar-refractivity contribution in [3.05, 3.63) is 84.1 Å². The second-order valence-corrected chi connectivity index (χ2v) is 6.13. The lowest BCUT2D eigenvalue weighted by atomic mass is 10.0. The maximum Gasteiger partial charge on any atom is 0.278 e. The van der Waals surface area contributed by atoms with Crippen molar-refractivity contribution in [2.45, 2.75) is 13.0 Å². The standard InChI is InChI=1S/C20H15N5O/c1-13-19-18(20-21-11-23-26-20)22-12-25(19)16-10-6-5-9-15(16)17(24-13)14-7-3-2-4-8-14/h2-13H,1H3. The van der Waals surface area contributed by atoms with Crippen LogP contribution < -0.4 is 0 Å².